The van der Waals surface area contributed by atoms with E-state index in [2.05, 4.69) is 0 Å². The number of benzene rings is 1. The molecule has 0 aromatic heterocycles. The van der Waals surface area contributed by atoms with Gasteiger partial charge in [0.05, 0.1) is 5.56 Å². The smallest absolute Gasteiger partial charge is 0.324 e. The predicted octanol–water partition coefficient (Wildman–Crippen LogP) is 3.54. The average Bonchev–Trinajstić information content (AvgIpc) is 2.99. The minimum atomic E-state index is -4.26. The highest BCUT2D eigenvalue weighted by molar-refractivity contribution is 5.85. The van der Waals surface area contributed by atoms with Crippen molar-refractivity contribution in [3.05, 3.63) is 35.4 Å². The molecule has 0 spiro atoms. The molecule has 0 bridgehead atoms. The van der Waals surface area contributed by atoms with Crippen LogP contribution in [-0.4, -0.2) is 0 Å². The Morgan fingerprint density at radius 3 is 2.00 bits per heavy atom. The van der Waals surface area contributed by atoms with Crippen LogP contribution in [0.2, 0.25) is 0 Å². The number of rotatable bonds is 2. The summed E-state index contributed by atoms with van der Waals surface area (Å²) in [5.41, 5.74) is 6.06. The van der Waals surface area contributed by atoms with Gasteiger partial charge in [-0.2, -0.15) is 13.2 Å². The Labute approximate surface area is 98.2 Å². The number of halogens is 4. The lowest BCUT2D eigenvalue weighted by Gasteiger charge is -2.12. The molecule has 0 heterocycles. The van der Waals surface area contributed by atoms with Crippen LogP contribution in [0.15, 0.2) is 24.3 Å². The molecule has 1 atom stereocenters. The van der Waals surface area contributed by atoms with Crippen LogP contribution < -0.4 is 5.73 Å². The fourth-order valence-electron chi connectivity index (χ4n) is 1.62. The summed E-state index contributed by atoms with van der Waals surface area (Å²) in [6, 6.07) is 5.04. The Hall–Kier alpha value is -0.740. The Kier molecular flexibility index (Phi) is 3.86. The van der Waals surface area contributed by atoms with Crippen molar-refractivity contribution in [1.82, 2.24) is 0 Å². The van der Waals surface area contributed by atoms with E-state index in [-0.39, 0.29) is 18.4 Å². The highest BCUT2D eigenvalue weighted by Gasteiger charge is 2.32. The van der Waals surface area contributed by atoms with E-state index in [1.54, 1.807) is 0 Å². The van der Waals surface area contributed by atoms with E-state index in [1.807, 2.05) is 0 Å². The van der Waals surface area contributed by atoms with Crippen molar-refractivity contribution in [1.29, 1.82) is 0 Å². The van der Waals surface area contributed by atoms with Gasteiger partial charge in [-0.3, -0.25) is 0 Å². The summed E-state index contributed by atoms with van der Waals surface area (Å²) in [6.07, 6.45) is -2.09. The quantitative estimate of drug-likeness (QED) is 0.855. The Bertz CT molecular complexity index is 343. The molecule has 0 aliphatic heterocycles. The monoisotopic (exact) mass is 251 g/mol. The van der Waals surface area contributed by atoms with Crippen LogP contribution in [0.25, 0.3) is 0 Å². The predicted molar refractivity (Wildman–Crippen MR) is 58.3 cm³/mol. The van der Waals surface area contributed by atoms with Crippen molar-refractivity contribution in [3.8, 4) is 0 Å². The molecule has 0 unspecified atom stereocenters. The van der Waals surface area contributed by atoms with Gasteiger partial charge in [-0.05, 0) is 36.5 Å². The van der Waals surface area contributed by atoms with Crippen LogP contribution in [0.4, 0.5) is 13.2 Å². The standard InChI is InChI=1S/C11H12F3N.ClH/c12-11(13,14)9-5-3-8(4-6-9)10(15)7-1-2-7;/h3-7,10H,1-2,15H2;1H/t10-;/m1./s1. The lowest BCUT2D eigenvalue weighted by atomic mass is 10.0. The summed E-state index contributed by atoms with van der Waals surface area (Å²) in [6.45, 7) is 0. The molecule has 0 saturated heterocycles. The second kappa shape index (κ2) is 4.63. The van der Waals surface area contributed by atoms with Gasteiger partial charge in [0.25, 0.3) is 0 Å². The van der Waals surface area contributed by atoms with Crippen molar-refractivity contribution in [2.75, 3.05) is 0 Å². The zero-order valence-corrected chi connectivity index (χ0v) is 9.31. The highest BCUT2D eigenvalue weighted by atomic mass is 35.5. The normalized spacial score (nSPS) is 17.8. The Morgan fingerprint density at radius 1 is 1.12 bits per heavy atom. The first-order chi connectivity index (χ1) is 6.98. The van der Waals surface area contributed by atoms with Gasteiger partial charge in [0.15, 0.2) is 0 Å². The van der Waals surface area contributed by atoms with Gasteiger partial charge in [0.1, 0.15) is 0 Å². The summed E-state index contributed by atoms with van der Waals surface area (Å²) < 4.78 is 36.8. The average molecular weight is 252 g/mol. The molecule has 5 heteroatoms. The third-order valence-corrected chi connectivity index (χ3v) is 2.75. The first-order valence-corrected chi connectivity index (χ1v) is 4.91. The van der Waals surface area contributed by atoms with Crippen molar-refractivity contribution in [2.24, 2.45) is 11.7 Å². The molecule has 1 aromatic carbocycles. The third kappa shape index (κ3) is 2.89. The van der Waals surface area contributed by atoms with Crippen molar-refractivity contribution in [2.45, 2.75) is 25.1 Å². The van der Waals surface area contributed by atoms with Gasteiger partial charge < -0.3 is 5.73 Å². The molecule has 2 rings (SSSR count). The second-order valence-corrected chi connectivity index (χ2v) is 3.98. The van der Waals surface area contributed by atoms with Crippen LogP contribution in [0.5, 0.6) is 0 Å². The maximum atomic E-state index is 12.3. The minimum absolute atomic E-state index is 0. The van der Waals surface area contributed by atoms with Crippen LogP contribution in [0.1, 0.15) is 30.0 Å². The summed E-state index contributed by atoms with van der Waals surface area (Å²) in [7, 11) is 0. The molecule has 2 N–H and O–H groups in total. The molecule has 1 aromatic rings. The van der Waals surface area contributed by atoms with E-state index in [9.17, 15) is 13.2 Å². The highest BCUT2D eigenvalue weighted by Crippen LogP contribution is 2.40. The van der Waals surface area contributed by atoms with Gasteiger partial charge in [0, 0.05) is 6.04 Å². The fourth-order valence-corrected chi connectivity index (χ4v) is 1.62. The maximum absolute atomic E-state index is 12.3. The summed E-state index contributed by atoms with van der Waals surface area (Å²) >= 11 is 0. The number of nitrogens with two attached hydrogens (primary N) is 1. The zero-order valence-electron chi connectivity index (χ0n) is 8.50. The lowest BCUT2D eigenvalue weighted by molar-refractivity contribution is -0.137. The molecule has 0 amide bonds. The first-order valence-electron chi connectivity index (χ1n) is 4.91. The van der Waals surface area contributed by atoms with Crippen LogP contribution in [0.3, 0.4) is 0 Å². The first kappa shape index (κ1) is 13.3. The van der Waals surface area contributed by atoms with E-state index >= 15 is 0 Å². The van der Waals surface area contributed by atoms with Gasteiger partial charge in [0.2, 0.25) is 0 Å². The molecular formula is C11H13ClF3N. The minimum Gasteiger partial charge on any atom is -0.324 e. The van der Waals surface area contributed by atoms with E-state index < -0.39 is 11.7 Å². The molecule has 1 aliphatic rings. The van der Waals surface area contributed by atoms with Gasteiger partial charge in [-0.25, -0.2) is 0 Å². The van der Waals surface area contributed by atoms with Gasteiger partial charge >= 0.3 is 6.18 Å². The molecule has 0 radical (unpaired) electrons. The van der Waals surface area contributed by atoms with Crippen molar-refractivity contribution < 1.29 is 13.2 Å². The van der Waals surface area contributed by atoms with E-state index in [1.165, 1.54) is 12.1 Å². The van der Waals surface area contributed by atoms with Crippen LogP contribution in [0, 0.1) is 5.92 Å². The molecule has 1 nitrogen and oxygen atoms in total. The molecule has 90 valence electrons. The van der Waals surface area contributed by atoms with Crippen molar-refractivity contribution >= 4 is 12.4 Å². The number of hydrogen-bond acceptors (Lipinski definition) is 1. The largest absolute Gasteiger partial charge is 0.416 e. The Morgan fingerprint density at radius 2 is 1.62 bits per heavy atom. The van der Waals surface area contributed by atoms with Gasteiger partial charge in [-0.15, -0.1) is 12.4 Å². The van der Waals surface area contributed by atoms with Gasteiger partial charge in [-0.1, -0.05) is 12.1 Å². The SMILES string of the molecule is Cl.N[C@@H](c1ccc(C(F)(F)F)cc1)C1CC1. The Balaban J connectivity index is 0.00000128. The fraction of sp³-hybridized carbons (Fsp3) is 0.455. The van der Waals surface area contributed by atoms with E-state index in [4.69, 9.17) is 5.73 Å². The zero-order chi connectivity index (χ0) is 11.1. The number of alkyl halides is 3. The molecule has 1 fully saturated rings. The second-order valence-electron chi connectivity index (χ2n) is 3.98. The molecule has 1 aliphatic carbocycles. The maximum Gasteiger partial charge on any atom is 0.416 e. The summed E-state index contributed by atoms with van der Waals surface area (Å²) in [5.74, 6) is 0.460. The number of hydrogen-bond donors (Lipinski definition) is 1. The lowest BCUT2D eigenvalue weighted by Crippen LogP contribution is -2.13. The van der Waals surface area contributed by atoms with E-state index in [0.29, 0.717) is 5.92 Å². The summed E-state index contributed by atoms with van der Waals surface area (Å²) in [5, 5.41) is 0. The van der Waals surface area contributed by atoms with E-state index in [0.717, 1.165) is 30.5 Å². The van der Waals surface area contributed by atoms with Crippen LogP contribution >= 0.6 is 12.4 Å². The van der Waals surface area contributed by atoms with Crippen LogP contribution in [-0.2, 0) is 6.18 Å². The topological polar surface area (TPSA) is 26.0 Å². The third-order valence-electron chi connectivity index (χ3n) is 2.75. The molecule has 16 heavy (non-hydrogen) atoms. The molecular weight excluding hydrogens is 239 g/mol. The molecule has 1 saturated carbocycles. The van der Waals surface area contributed by atoms with Crippen molar-refractivity contribution in [3.63, 3.8) is 0 Å². The summed E-state index contributed by atoms with van der Waals surface area (Å²) in [4.78, 5) is 0.